The van der Waals surface area contributed by atoms with Crippen molar-refractivity contribution in [2.45, 2.75) is 25.7 Å². The highest BCUT2D eigenvalue weighted by molar-refractivity contribution is 6.31. The molecule has 2 aliphatic heterocycles. The number of piperidine rings is 1. The van der Waals surface area contributed by atoms with Crippen LogP contribution in [-0.2, 0) is 4.79 Å². The summed E-state index contributed by atoms with van der Waals surface area (Å²) in [6.45, 7) is 2.29. The number of benzene rings is 2. The number of hydrogen-bond donors (Lipinski definition) is 1. The molecule has 2 fully saturated rings. The van der Waals surface area contributed by atoms with Crippen LogP contribution in [0.5, 0.6) is 0 Å². The Labute approximate surface area is 191 Å². The van der Waals surface area contributed by atoms with Crippen LogP contribution in [0.3, 0.4) is 0 Å². The average molecular weight is 458 g/mol. The number of nitrogens with zero attached hydrogens (tertiary/aromatic N) is 2. The molecule has 0 spiro atoms. The summed E-state index contributed by atoms with van der Waals surface area (Å²) >= 11 is 6.12. The highest BCUT2D eigenvalue weighted by Crippen LogP contribution is 2.26. The van der Waals surface area contributed by atoms with Gasteiger partial charge in [0.05, 0.1) is 11.3 Å². The Morgan fingerprint density at radius 2 is 1.50 bits per heavy atom. The van der Waals surface area contributed by atoms with Gasteiger partial charge in [-0.2, -0.15) is 0 Å². The molecule has 32 heavy (non-hydrogen) atoms. The number of amides is 3. The summed E-state index contributed by atoms with van der Waals surface area (Å²) in [6, 6.07) is 10.4. The third-order valence-corrected chi connectivity index (χ3v) is 6.34. The second kappa shape index (κ2) is 9.69. The molecule has 0 aliphatic carbocycles. The van der Waals surface area contributed by atoms with Crippen molar-refractivity contribution >= 4 is 35.0 Å². The van der Waals surface area contributed by atoms with E-state index in [4.69, 9.17) is 11.6 Å². The van der Waals surface area contributed by atoms with Crippen LogP contribution in [0.4, 0.5) is 10.1 Å². The molecule has 2 aliphatic rings. The Kier molecular flexibility index (Phi) is 6.74. The van der Waals surface area contributed by atoms with Gasteiger partial charge in [-0.1, -0.05) is 11.6 Å². The van der Waals surface area contributed by atoms with Crippen LogP contribution in [0.1, 0.15) is 46.4 Å². The van der Waals surface area contributed by atoms with E-state index >= 15 is 0 Å². The number of anilines is 1. The van der Waals surface area contributed by atoms with Gasteiger partial charge in [0.15, 0.2) is 0 Å². The molecular formula is C24H25ClFN3O3. The van der Waals surface area contributed by atoms with Crippen molar-refractivity contribution in [3.8, 4) is 0 Å². The zero-order chi connectivity index (χ0) is 22.7. The summed E-state index contributed by atoms with van der Waals surface area (Å²) in [5, 5.41) is 3.35. The summed E-state index contributed by atoms with van der Waals surface area (Å²) in [6.07, 6.45) is 2.98. The minimum Gasteiger partial charge on any atom is -0.339 e. The quantitative estimate of drug-likeness (QED) is 0.747. The van der Waals surface area contributed by atoms with Crippen molar-refractivity contribution in [1.82, 2.24) is 9.80 Å². The molecule has 2 aromatic carbocycles. The molecule has 0 aromatic heterocycles. The van der Waals surface area contributed by atoms with Crippen LogP contribution in [-0.4, -0.2) is 53.7 Å². The first-order valence-electron chi connectivity index (χ1n) is 10.9. The molecule has 3 amide bonds. The maximum absolute atomic E-state index is 13.1. The molecular weight excluding hydrogens is 433 g/mol. The number of likely N-dealkylation sites (tertiary alicyclic amines) is 2. The van der Waals surface area contributed by atoms with Crippen molar-refractivity contribution < 1.29 is 18.8 Å². The van der Waals surface area contributed by atoms with Crippen LogP contribution < -0.4 is 5.32 Å². The Bertz CT molecular complexity index is 1010. The molecule has 2 heterocycles. The maximum atomic E-state index is 13.1. The number of hydrogen-bond acceptors (Lipinski definition) is 3. The van der Waals surface area contributed by atoms with E-state index in [2.05, 4.69) is 5.32 Å². The van der Waals surface area contributed by atoms with Gasteiger partial charge in [0.1, 0.15) is 5.82 Å². The molecule has 0 bridgehead atoms. The summed E-state index contributed by atoms with van der Waals surface area (Å²) in [7, 11) is 0. The SMILES string of the molecule is O=C(Nc1ccc(Cl)cc1C(=O)N1CCCC1)C1CCN(C(=O)c2ccc(F)cc2)CC1. The number of carbonyl (C=O) groups is 3. The normalized spacial score (nSPS) is 16.8. The van der Waals surface area contributed by atoms with Gasteiger partial charge in [-0.3, -0.25) is 14.4 Å². The molecule has 6 nitrogen and oxygen atoms in total. The molecule has 0 atom stereocenters. The minimum atomic E-state index is -0.387. The predicted molar refractivity (Wildman–Crippen MR) is 120 cm³/mol. The minimum absolute atomic E-state index is 0.125. The number of rotatable bonds is 4. The number of halogens is 2. The Hall–Kier alpha value is -2.93. The van der Waals surface area contributed by atoms with Crippen LogP contribution >= 0.6 is 11.6 Å². The van der Waals surface area contributed by atoms with Crippen LogP contribution in [0.15, 0.2) is 42.5 Å². The summed E-state index contributed by atoms with van der Waals surface area (Å²) < 4.78 is 13.1. The van der Waals surface area contributed by atoms with E-state index in [1.807, 2.05) is 0 Å². The Morgan fingerprint density at radius 3 is 2.16 bits per heavy atom. The van der Waals surface area contributed by atoms with Gasteiger partial charge in [0.2, 0.25) is 5.91 Å². The van der Waals surface area contributed by atoms with E-state index in [0.717, 1.165) is 12.8 Å². The van der Waals surface area contributed by atoms with E-state index in [1.54, 1.807) is 28.0 Å². The zero-order valence-electron chi connectivity index (χ0n) is 17.7. The summed E-state index contributed by atoms with van der Waals surface area (Å²) in [5.74, 6) is -1.11. The lowest BCUT2D eigenvalue weighted by molar-refractivity contribution is -0.121. The molecule has 8 heteroatoms. The smallest absolute Gasteiger partial charge is 0.256 e. The standard InChI is InChI=1S/C24H25ClFN3O3/c25-18-5-8-21(20(15-18)24(32)28-11-1-2-12-28)27-22(30)16-9-13-29(14-10-16)23(31)17-3-6-19(26)7-4-17/h3-8,15-16H,1-2,9-14H2,(H,27,30). The zero-order valence-corrected chi connectivity index (χ0v) is 18.4. The van der Waals surface area contributed by atoms with Crippen LogP contribution in [0.25, 0.3) is 0 Å². The number of nitrogens with one attached hydrogen (secondary N) is 1. The molecule has 2 saturated heterocycles. The van der Waals surface area contributed by atoms with E-state index in [-0.39, 0.29) is 29.5 Å². The summed E-state index contributed by atoms with van der Waals surface area (Å²) in [4.78, 5) is 41.9. The third kappa shape index (κ3) is 4.93. The lowest BCUT2D eigenvalue weighted by atomic mass is 9.95. The third-order valence-electron chi connectivity index (χ3n) is 6.11. The van der Waals surface area contributed by atoms with E-state index in [0.29, 0.717) is 60.9 Å². The number of carbonyl (C=O) groups excluding carboxylic acids is 3. The van der Waals surface area contributed by atoms with Gasteiger partial charge < -0.3 is 15.1 Å². The van der Waals surface area contributed by atoms with Crippen molar-refractivity contribution in [2.24, 2.45) is 5.92 Å². The van der Waals surface area contributed by atoms with Crippen LogP contribution in [0.2, 0.25) is 5.02 Å². The van der Waals surface area contributed by atoms with Gasteiger partial charge in [0, 0.05) is 42.7 Å². The fourth-order valence-electron chi connectivity index (χ4n) is 4.25. The van der Waals surface area contributed by atoms with Crippen molar-refractivity contribution in [3.05, 3.63) is 64.4 Å². The predicted octanol–water partition coefficient (Wildman–Crippen LogP) is 4.21. The van der Waals surface area contributed by atoms with Crippen molar-refractivity contribution in [2.75, 3.05) is 31.5 Å². The molecule has 0 saturated carbocycles. The first-order chi connectivity index (χ1) is 15.4. The fraction of sp³-hybridized carbons (Fsp3) is 0.375. The van der Waals surface area contributed by atoms with Gasteiger partial charge >= 0.3 is 0 Å². The molecule has 0 radical (unpaired) electrons. The molecule has 2 aromatic rings. The largest absolute Gasteiger partial charge is 0.339 e. The monoisotopic (exact) mass is 457 g/mol. The van der Waals surface area contributed by atoms with Crippen molar-refractivity contribution in [3.63, 3.8) is 0 Å². The average Bonchev–Trinajstić information content (AvgIpc) is 3.35. The molecule has 0 unspecified atom stereocenters. The van der Waals surface area contributed by atoms with Gasteiger partial charge in [-0.05, 0) is 68.1 Å². The second-order valence-corrected chi connectivity index (χ2v) is 8.69. The Morgan fingerprint density at radius 1 is 0.875 bits per heavy atom. The second-order valence-electron chi connectivity index (χ2n) is 8.25. The lowest BCUT2D eigenvalue weighted by Gasteiger charge is -2.31. The fourth-order valence-corrected chi connectivity index (χ4v) is 4.42. The van der Waals surface area contributed by atoms with Crippen LogP contribution in [0, 0.1) is 11.7 Å². The Balaban J connectivity index is 1.38. The van der Waals surface area contributed by atoms with E-state index in [1.165, 1.54) is 24.3 Å². The van der Waals surface area contributed by atoms with Gasteiger partial charge in [-0.15, -0.1) is 0 Å². The highest BCUT2D eigenvalue weighted by atomic mass is 35.5. The lowest BCUT2D eigenvalue weighted by Crippen LogP contribution is -2.41. The van der Waals surface area contributed by atoms with E-state index < -0.39 is 0 Å². The van der Waals surface area contributed by atoms with Gasteiger partial charge in [-0.25, -0.2) is 4.39 Å². The topological polar surface area (TPSA) is 69.7 Å². The van der Waals surface area contributed by atoms with Gasteiger partial charge in [0.25, 0.3) is 11.8 Å². The first-order valence-corrected chi connectivity index (χ1v) is 11.2. The first kappa shape index (κ1) is 22.3. The molecule has 4 rings (SSSR count). The molecule has 168 valence electrons. The maximum Gasteiger partial charge on any atom is 0.256 e. The molecule has 1 N–H and O–H groups in total. The van der Waals surface area contributed by atoms with Crippen molar-refractivity contribution in [1.29, 1.82) is 0 Å². The summed E-state index contributed by atoms with van der Waals surface area (Å²) in [5.41, 5.74) is 1.29. The van der Waals surface area contributed by atoms with E-state index in [9.17, 15) is 18.8 Å². The highest BCUT2D eigenvalue weighted by Gasteiger charge is 2.29.